The van der Waals surface area contributed by atoms with Gasteiger partial charge in [-0.3, -0.25) is 19.3 Å². The normalized spacial score (nSPS) is 29.3. The number of alkyl carbamates (subject to hydrolysis) is 1. The van der Waals surface area contributed by atoms with Crippen LogP contribution in [0, 0.1) is 11.8 Å². The van der Waals surface area contributed by atoms with Gasteiger partial charge in [-0.2, -0.15) is 0 Å². The fraction of sp³-hybridized carbons (Fsp3) is 0.639. The van der Waals surface area contributed by atoms with Gasteiger partial charge in [0.25, 0.3) is 0 Å². The highest BCUT2D eigenvalue weighted by Crippen LogP contribution is 2.46. The standard InChI is InChI=1S/C36H48ClN5O7/c1-35(2,3)49-33(46)39-28-13-8-6-4-5-7-11-24-17-36(24,32(45)38-18-22-14-15-22)40-30(43)29-16-25(20-42(29)31(28)44)48-34(47)41-19-23-10-9-12-27(37)26(23)21-41/h7,9-12,22,24-25,28-29H,4-6,8,13-21H2,1-3H3,(H,38,45)(H,39,46)(H,40,43)/b11-7-/t24-,25-,28+,29+,36-/m1/s1. The topological polar surface area (TPSA) is 146 Å². The number of benzene rings is 1. The summed E-state index contributed by atoms with van der Waals surface area (Å²) in [6.07, 6.45) is 8.18. The molecule has 0 radical (unpaired) electrons. The third-order valence-electron chi connectivity index (χ3n) is 10.0. The van der Waals surface area contributed by atoms with Crippen molar-refractivity contribution >= 4 is 41.5 Å². The Kier molecular flexibility index (Phi) is 10.2. The predicted molar refractivity (Wildman–Crippen MR) is 181 cm³/mol. The van der Waals surface area contributed by atoms with E-state index in [0.29, 0.717) is 49.8 Å². The molecular weight excluding hydrogens is 650 g/mol. The van der Waals surface area contributed by atoms with Crippen molar-refractivity contribution in [3.05, 3.63) is 46.5 Å². The minimum absolute atomic E-state index is 0.0408. The molecule has 0 spiro atoms. The molecule has 266 valence electrons. The van der Waals surface area contributed by atoms with Gasteiger partial charge in [0, 0.05) is 30.5 Å². The van der Waals surface area contributed by atoms with Gasteiger partial charge >= 0.3 is 12.2 Å². The van der Waals surface area contributed by atoms with Gasteiger partial charge in [0.15, 0.2) is 0 Å². The summed E-state index contributed by atoms with van der Waals surface area (Å²) in [5, 5.41) is 9.40. The fourth-order valence-electron chi connectivity index (χ4n) is 7.06. The molecule has 1 aromatic rings. The van der Waals surface area contributed by atoms with Crippen LogP contribution in [0.5, 0.6) is 0 Å². The average molecular weight is 698 g/mol. The maximum atomic E-state index is 14.3. The second kappa shape index (κ2) is 14.2. The lowest BCUT2D eigenvalue weighted by atomic mass is 10.0. The maximum absolute atomic E-state index is 14.3. The first-order valence-corrected chi connectivity index (χ1v) is 18.0. The summed E-state index contributed by atoms with van der Waals surface area (Å²) in [5.41, 5.74) is -0.0824. The number of hydrogen-bond acceptors (Lipinski definition) is 7. The number of halogens is 1. The van der Waals surface area contributed by atoms with E-state index in [1.54, 1.807) is 31.7 Å². The molecule has 5 amide bonds. The monoisotopic (exact) mass is 697 g/mol. The Morgan fingerprint density at radius 1 is 1.08 bits per heavy atom. The number of carbonyl (C=O) groups is 5. The average Bonchev–Trinajstić information content (AvgIpc) is 3.89. The van der Waals surface area contributed by atoms with Crippen LogP contribution in [0.4, 0.5) is 9.59 Å². The van der Waals surface area contributed by atoms with E-state index < -0.39 is 53.3 Å². The van der Waals surface area contributed by atoms with Crippen molar-refractivity contribution in [2.24, 2.45) is 11.8 Å². The van der Waals surface area contributed by atoms with Crippen LogP contribution in [-0.4, -0.2) is 82.1 Å². The number of nitrogens with zero attached hydrogens (tertiary/aromatic N) is 2. The lowest BCUT2D eigenvalue weighted by molar-refractivity contribution is -0.141. The van der Waals surface area contributed by atoms with Gasteiger partial charge in [0.1, 0.15) is 29.3 Å². The Labute approximate surface area is 292 Å². The largest absolute Gasteiger partial charge is 0.444 e. The molecule has 1 aromatic carbocycles. The number of rotatable bonds is 5. The molecule has 5 atom stereocenters. The van der Waals surface area contributed by atoms with Gasteiger partial charge in [-0.1, -0.05) is 48.7 Å². The lowest BCUT2D eigenvalue weighted by Gasteiger charge is -2.30. The van der Waals surface area contributed by atoms with Gasteiger partial charge in [0.05, 0.1) is 13.1 Å². The molecule has 2 saturated carbocycles. The number of hydrogen-bond donors (Lipinski definition) is 3. The summed E-state index contributed by atoms with van der Waals surface area (Å²) < 4.78 is 11.4. The first kappa shape index (κ1) is 35.0. The van der Waals surface area contributed by atoms with E-state index >= 15 is 0 Å². The third kappa shape index (κ3) is 8.33. The SMILES string of the molecule is CC(C)(C)OC(=O)N[C@H]1CCCCC/C=C\[C@@H]2C[C@@]2(C(=O)NCC2CC2)NC(=O)[C@@H]2C[C@@H](OC(=O)N3Cc4cccc(Cl)c4C3)CN2C1=O. The third-order valence-corrected chi connectivity index (χ3v) is 10.4. The van der Waals surface area contributed by atoms with E-state index in [-0.39, 0.29) is 24.8 Å². The molecule has 1 saturated heterocycles. The van der Waals surface area contributed by atoms with Crippen LogP contribution in [0.2, 0.25) is 5.02 Å². The van der Waals surface area contributed by atoms with E-state index in [4.69, 9.17) is 21.1 Å². The summed E-state index contributed by atoms with van der Waals surface area (Å²) >= 11 is 6.37. The highest BCUT2D eigenvalue weighted by Gasteiger charge is 2.61. The predicted octanol–water partition coefficient (Wildman–Crippen LogP) is 4.58. The summed E-state index contributed by atoms with van der Waals surface area (Å²) in [4.78, 5) is 71.3. The molecule has 3 heterocycles. The van der Waals surface area contributed by atoms with E-state index in [1.807, 2.05) is 18.2 Å². The van der Waals surface area contributed by atoms with Gasteiger partial charge < -0.3 is 30.3 Å². The molecule has 0 aromatic heterocycles. The molecule has 49 heavy (non-hydrogen) atoms. The highest BCUT2D eigenvalue weighted by molar-refractivity contribution is 6.31. The first-order valence-electron chi connectivity index (χ1n) is 17.6. The Balaban J connectivity index is 1.23. The van der Waals surface area contributed by atoms with Gasteiger partial charge in [-0.05, 0) is 82.4 Å². The smallest absolute Gasteiger partial charge is 0.410 e. The zero-order chi connectivity index (χ0) is 34.9. The van der Waals surface area contributed by atoms with Crippen LogP contribution in [0.25, 0.3) is 0 Å². The summed E-state index contributed by atoms with van der Waals surface area (Å²) in [7, 11) is 0. The van der Waals surface area contributed by atoms with Crippen molar-refractivity contribution < 1.29 is 33.4 Å². The molecular formula is C36H48ClN5O7. The second-order valence-electron chi connectivity index (χ2n) is 15.2. The van der Waals surface area contributed by atoms with Gasteiger partial charge in [-0.25, -0.2) is 9.59 Å². The number of nitrogens with one attached hydrogen (secondary N) is 3. The van der Waals surface area contributed by atoms with Crippen molar-refractivity contribution in [3.8, 4) is 0 Å². The molecule has 0 unspecified atom stereocenters. The molecule has 3 fully saturated rings. The van der Waals surface area contributed by atoms with Crippen LogP contribution >= 0.6 is 11.6 Å². The summed E-state index contributed by atoms with van der Waals surface area (Å²) in [6, 6.07) is 3.55. The first-order chi connectivity index (χ1) is 23.3. The van der Waals surface area contributed by atoms with Crippen LogP contribution in [-0.2, 0) is 36.9 Å². The van der Waals surface area contributed by atoms with E-state index in [0.717, 1.165) is 43.2 Å². The van der Waals surface area contributed by atoms with Crippen molar-refractivity contribution in [1.29, 1.82) is 0 Å². The molecule has 2 aliphatic carbocycles. The molecule has 12 nitrogen and oxygen atoms in total. The Hall–Kier alpha value is -3.80. The number of amides is 5. The zero-order valence-corrected chi connectivity index (χ0v) is 29.4. The van der Waals surface area contributed by atoms with Gasteiger partial charge in [0.2, 0.25) is 17.7 Å². The fourth-order valence-corrected chi connectivity index (χ4v) is 7.31. The lowest BCUT2D eigenvalue weighted by Crippen LogP contribution is -2.58. The second-order valence-corrected chi connectivity index (χ2v) is 15.6. The molecule has 13 heteroatoms. The molecule has 0 bridgehead atoms. The number of allylic oxidation sites excluding steroid dienone is 1. The number of ether oxygens (including phenoxy) is 2. The van der Waals surface area contributed by atoms with Crippen LogP contribution in [0.15, 0.2) is 30.4 Å². The minimum atomic E-state index is -1.11. The van der Waals surface area contributed by atoms with Crippen molar-refractivity contribution in [1.82, 2.24) is 25.8 Å². The van der Waals surface area contributed by atoms with Crippen molar-refractivity contribution in [2.45, 2.75) is 121 Å². The van der Waals surface area contributed by atoms with Crippen molar-refractivity contribution in [3.63, 3.8) is 0 Å². The van der Waals surface area contributed by atoms with E-state index in [2.05, 4.69) is 22.0 Å². The molecule has 6 rings (SSSR count). The zero-order valence-electron chi connectivity index (χ0n) is 28.6. The van der Waals surface area contributed by atoms with Crippen molar-refractivity contribution in [2.75, 3.05) is 13.1 Å². The Morgan fingerprint density at radius 2 is 1.88 bits per heavy atom. The summed E-state index contributed by atoms with van der Waals surface area (Å²) in [6.45, 7) is 6.39. The highest BCUT2D eigenvalue weighted by atomic mass is 35.5. The van der Waals surface area contributed by atoms with Crippen LogP contribution < -0.4 is 16.0 Å². The Bertz CT molecular complexity index is 1510. The quantitative estimate of drug-likeness (QED) is 0.382. The maximum Gasteiger partial charge on any atom is 0.410 e. The molecule has 3 aliphatic heterocycles. The summed E-state index contributed by atoms with van der Waals surface area (Å²) in [5.74, 6) is -0.862. The van der Waals surface area contributed by atoms with E-state index in [9.17, 15) is 24.0 Å². The minimum Gasteiger partial charge on any atom is -0.444 e. The van der Waals surface area contributed by atoms with Crippen LogP contribution in [0.3, 0.4) is 0 Å². The number of fused-ring (bicyclic) bond motifs is 3. The molecule has 5 aliphatic rings. The number of carbonyl (C=O) groups excluding carboxylic acids is 5. The molecule has 3 N–H and O–H groups in total. The van der Waals surface area contributed by atoms with E-state index in [1.165, 1.54) is 4.90 Å². The van der Waals surface area contributed by atoms with Crippen LogP contribution in [0.1, 0.15) is 89.7 Å². The van der Waals surface area contributed by atoms with Gasteiger partial charge in [-0.15, -0.1) is 0 Å². The Morgan fingerprint density at radius 3 is 2.61 bits per heavy atom.